The zero-order chi connectivity index (χ0) is 15.4. The van der Waals surface area contributed by atoms with Crippen molar-refractivity contribution in [1.29, 1.82) is 0 Å². The van der Waals surface area contributed by atoms with Gasteiger partial charge in [-0.15, -0.1) is 0 Å². The second kappa shape index (κ2) is 6.04. The van der Waals surface area contributed by atoms with Crippen molar-refractivity contribution in [2.45, 2.75) is 13.5 Å². The van der Waals surface area contributed by atoms with Crippen molar-refractivity contribution in [1.82, 2.24) is 5.32 Å². The van der Waals surface area contributed by atoms with E-state index in [0.717, 1.165) is 5.56 Å². The molecule has 108 valence electrons. The fraction of sp³-hybridized carbons (Fsp3) is 0.133. The van der Waals surface area contributed by atoms with Gasteiger partial charge in [0.15, 0.2) is 0 Å². The van der Waals surface area contributed by atoms with Crippen LogP contribution in [-0.4, -0.2) is 15.9 Å². The number of amides is 1. The number of non-ortho nitro benzene ring substituents is 1. The fourth-order valence-electron chi connectivity index (χ4n) is 1.86. The molecule has 0 atom stereocenters. The lowest BCUT2D eigenvalue weighted by molar-refractivity contribution is -0.384. The van der Waals surface area contributed by atoms with Gasteiger partial charge in [0.2, 0.25) is 0 Å². The number of hydrogen-bond donors (Lipinski definition) is 2. The van der Waals surface area contributed by atoms with Crippen LogP contribution in [-0.2, 0) is 6.54 Å². The molecule has 6 nitrogen and oxygen atoms in total. The zero-order valence-electron chi connectivity index (χ0n) is 11.4. The van der Waals surface area contributed by atoms with E-state index in [1.165, 1.54) is 24.3 Å². The predicted octanol–water partition coefficient (Wildman–Crippen LogP) is 2.54. The first kappa shape index (κ1) is 14.5. The van der Waals surface area contributed by atoms with Gasteiger partial charge in [0.25, 0.3) is 11.6 Å². The molecule has 0 saturated heterocycles. The minimum absolute atomic E-state index is 0.115. The van der Waals surface area contributed by atoms with Gasteiger partial charge >= 0.3 is 0 Å². The van der Waals surface area contributed by atoms with Crippen molar-refractivity contribution >= 4 is 11.6 Å². The Kier molecular flexibility index (Phi) is 4.18. The van der Waals surface area contributed by atoms with Gasteiger partial charge in [-0.3, -0.25) is 14.9 Å². The Morgan fingerprint density at radius 1 is 1.24 bits per heavy atom. The molecule has 0 heterocycles. The number of nitrogens with zero attached hydrogens (tertiary/aromatic N) is 1. The van der Waals surface area contributed by atoms with E-state index in [9.17, 15) is 20.0 Å². The lowest BCUT2D eigenvalue weighted by atomic mass is 10.1. The van der Waals surface area contributed by atoms with Gasteiger partial charge in [0, 0.05) is 24.2 Å². The summed E-state index contributed by atoms with van der Waals surface area (Å²) < 4.78 is 0. The smallest absolute Gasteiger partial charge is 0.270 e. The van der Waals surface area contributed by atoms with E-state index in [0.29, 0.717) is 5.56 Å². The maximum absolute atomic E-state index is 12.1. The van der Waals surface area contributed by atoms with Crippen molar-refractivity contribution in [3.63, 3.8) is 0 Å². The van der Waals surface area contributed by atoms with Crippen LogP contribution in [0.25, 0.3) is 0 Å². The van der Waals surface area contributed by atoms with Crippen LogP contribution in [0.15, 0.2) is 42.5 Å². The Hall–Kier alpha value is -2.89. The molecule has 0 aliphatic heterocycles. The Balaban J connectivity index is 2.11. The molecule has 2 rings (SSSR count). The molecule has 0 aliphatic rings. The first-order valence-corrected chi connectivity index (χ1v) is 6.28. The van der Waals surface area contributed by atoms with Crippen molar-refractivity contribution in [2.24, 2.45) is 0 Å². The summed E-state index contributed by atoms with van der Waals surface area (Å²) >= 11 is 0. The maximum atomic E-state index is 12.1. The summed E-state index contributed by atoms with van der Waals surface area (Å²) in [5.41, 5.74) is 1.66. The van der Waals surface area contributed by atoms with Gasteiger partial charge in [0.1, 0.15) is 5.75 Å². The van der Waals surface area contributed by atoms with Crippen LogP contribution in [0.2, 0.25) is 0 Å². The third-order valence-electron chi connectivity index (χ3n) is 3.07. The summed E-state index contributed by atoms with van der Waals surface area (Å²) in [5.74, 6) is -0.219. The summed E-state index contributed by atoms with van der Waals surface area (Å²) in [4.78, 5) is 22.3. The molecular formula is C15H14N2O4. The molecule has 0 spiro atoms. The number of aryl methyl sites for hydroxylation is 1. The van der Waals surface area contributed by atoms with E-state index in [1.807, 2.05) is 0 Å². The van der Waals surface area contributed by atoms with Gasteiger partial charge in [0.05, 0.1) is 4.92 Å². The number of aromatic hydroxyl groups is 1. The molecule has 0 saturated carbocycles. The average Bonchev–Trinajstić information content (AvgIpc) is 2.46. The number of hydrogen-bond acceptors (Lipinski definition) is 4. The van der Waals surface area contributed by atoms with Crippen molar-refractivity contribution in [3.05, 3.63) is 69.3 Å². The highest BCUT2D eigenvalue weighted by Gasteiger charge is 2.14. The van der Waals surface area contributed by atoms with Crippen LogP contribution < -0.4 is 5.32 Å². The quantitative estimate of drug-likeness (QED) is 0.667. The largest absolute Gasteiger partial charge is 0.508 e. The normalized spacial score (nSPS) is 10.1. The van der Waals surface area contributed by atoms with Crippen LogP contribution in [0.4, 0.5) is 5.69 Å². The van der Waals surface area contributed by atoms with Gasteiger partial charge < -0.3 is 10.4 Å². The van der Waals surface area contributed by atoms with Crippen LogP contribution in [0.3, 0.4) is 0 Å². The second-order valence-corrected chi connectivity index (χ2v) is 4.61. The van der Waals surface area contributed by atoms with E-state index >= 15 is 0 Å². The van der Waals surface area contributed by atoms with E-state index < -0.39 is 4.92 Å². The molecule has 2 aromatic carbocycles. The lowest BCUT2D eigenvalue weighted by Gasteiger charge is -2.08. The molecule has 21 heavy (non-hydrogen) atoms. The lowest BCUT2D eigenvalue weighted by Crippen LogP contribution is -2.23. The standard InChI is InChI=1S/C15H14N2O4/c1-10-2-5-12(17(20)21)8-14(10)15(19)16-9-11-3-6-13(18)7-4-11/h2-8,18H,9H2,1H3,(H,16,19). The molecule has 0 aliphatic carbocycles. The Morgan fingerprint density at radius 3 is 2.52 bits per heavy atom. The number of phenolic OH excluding ortho intramolecular Hbond substituents is 1. The molecule has 2 N–H and O–H groups in total. The molecule has 1 amide bonds. The summed E-state index contributed by atoms with van der Waals surface area (Å²) in [6.45, 7) is 2.00. The van der Waals surface area contributed by atoms with Crippen molar-refractivity contribution in [3.8, 4) is 5.75 Å². The van der Waals surface area contributed by atoms with Crippen molar-refractivity contribution < 1.29 is 14.8 Å². The Morgan fingerprint density at radius 2 is 1.90 bits per heavy atom. The molecule has 0 fully saturated rings. The second-order valence-electron chi connectivity index (χ2n) is 4.61. The molecule has 6 heteroatoms. The van der Waals surface area contributed by atoms with Crippen LogP contribution in [0.1, 0.15) is 21.5 Å². The highest BCUT2D eigenvalue weighted by atomic mass is 16.6. The number of nitro groups is 1. The number of benzene rings is 2. The van der Waals surface area contributed by atoms with Crippen LogP contribution in [0, 0.1) is 17.0 Å². The number of phenols is 1. The first-order chi connectivity index (χ1) is 9.97. The zero-order valence-corrected chi connectivity index (χ0v) is 11.4. The SMILES string of the molecule is Cc1ccc([N+](=O)[O-])cc1C(=O)NCc1ccc(O)cc1. The van der Waals surface area contributed by atoms with E-state index in [4.69, 9.17) is 0 Å². The third kappa shape index (κ3) is 3.56. The minimum Gasteiger partial charge on any atom is -0.508 e. The van der Waals surface area contributed by atoms with Gasteiger partial charge in [-0.1, -0.05) is 18.2 Å². The average molecular weight is 286 g/mol. The van der Waals surface area contributed by atoms with Gasteiger partial charge in [-0.05, 0) is 30.2 Å². The third-order valence-corrected chi connectivity index (χ3v) is 3.07. The minimum atomic E-state index is -0.532. The number of nitrogens with one attached hydrogen (secondary N) is 1. The van der Waals surface area contributed by atoms with E-state index in [-0.39, 0.29) is 29.5 Å². The summed E-state index contributed by atoms with van der Waals surface area (Å²) in [5, 5.41) is 22.6. The molecule has 0 bridgehead atoms. The van der Waals surface area contributed by atoms with Crippen LogP contribution in [0.5, 0.6) is 5.75 Å². The van der Waals surface area contributed by atoms with E-state index in [2.05, 4.69) is 5.32 Å². The summed E-state index contributed by atoms with van der Waals surface area (Å²) in [6.07, 6.45) is 0. The van der Waals surface area contributed by atoms with Gasteiger partial charge in [-0.2, -0.15) is 0 Å². The maximum Gasteiger partial charge on any atom is 0.270 e. The Labute approximate surface area is 121 Å². The molecule has 2 aromatic rings. The molecule has 0 unspecified atom stereocenters. The number of rotatable bonds is 4. The predicted molar refractivity (Wildman–Crippen MR) is 77.1 cm³/mol. The Bertz CT molecular complexity index is 681. The molecule has 0 aromatic heterocycles. The van der Waals surface area contributed by atoms with Crippen molar-refractivity contribution in [2.75, 3.05) is 0 Å². The topological polar surface area (TPSA) is 92.5 Å². The first-order valence-electron chi connectivity index (χ1n) is 6.28. The number of carbonyl (C=O) groups is 1. The van der Waals surface area contributed by atoms with Gasteiger partial charge in [-0.25, -0.2) is 0 Å². The molecule has 0 radical (unpaired) electrons. The molecular weight excluding hydrogens is 272 g/mol. The monoisotopic (exact) mass is 286 g/mol. The summed E-state index contributed by atoms with van der Waals surface area (Å²) in [7, 11) is 0. The summed E-state index contributed by atoms with van der Waals surface area (Å²) in [6, 6.07) is 10.6. The highest BCUT2D eigenvalue weighted by Crippen LogP contribution is 2.17. The number of nitro benzene ring substituents is 1. The fourth-order valence-corrected chi connectivity index (χ4v) is 1.86. The number of carbonyl (C=O) groups excluding carboxylic acids is 1. The highest BCUT2D eigenvalue weighted by molar-refractivity contribution is 5.96. The van der Waals surface area contributed by atoms with E-state index in [1.54, 1.807) is 25.1 Å². The van der Waals surface area contributed by atoms with Crippen LogP contribution >= 0.6 is 0 Å².